The van der Waals surface area contributed by atoms with E-state index in [9.17, 15) is 0 Å². The van der Waals surface area contributed by atoms with Crippen molar-refractivity contribution in [1.82, 2.24) is 0 Å². The Morgan fingerprint density at radius 3 is 0.483 bits per heavy atom. The molecule has 0 aliphatic rings. The SMILES string of the molecule is CC(C)(C)c1cc(C(C)(C)C)c([NH][Ga]([NH]c2c(C(C)(C)C)cc(C(C)(C)C)cc2C(C)(C)C)[NH]c2c(C(C)(C)C)cc(C(C)(C)C)cc2C(C)(C)C)c(C(C)(C)C)c1. The van der Waals surface area contributed by atoms with Crippen molar-refractivity contribution in [3.8, 4) is 0 Å². The third kappa shape index (κ3) is 12.0. The second-order valence-electron chi connectivity index (χ2n) is 27.0. The second-order valence-corrected chi connectivity index (χ2v) is 30.6. The summed E-state index contributed by atoms with van der Waals surface area (Å²) in [5.41, 5.74) is 15.9. The van der Waals surface area contributed by atoms with E-state index in [0.29, 0.717) is 0 Å². The predicted molar refractivity (Wildman–Crippen MR) is 264 cm³/mol. The first-order valence-electron chi connectivity index (χ1n) is 22.3. The second kappa shape index (κ2) is 15.9. The molecule has 3 N–H and O–H groups in total. The summed E-state index contributed by atoms with van der Waals surface area (Å²) in [6.45, 7) is 64.1. The van der Waals surface area contributed by atoms with Gasteiger partial charge in [-0.05, 0) is 0 Å². The summed E-state index contributed by atoms with van der Waals surface area (Å²) >= 11 is -3.16. The van der Waals surface area contributed by atoms with Crippen LogP contribution in [0.1, 0.15) is 237 Å². The molecule has 324 valence electrons. The molecule has 0 amide bonds. The Morgan fingerprint density at radius 1 is 0.241 bits per heavy atom. The van der Waals surface area contributed by atoms with Crippen LogP contribution in [0.4, 0.5) is 17.1 Å². The van der Waals surface area contributed by atoms with E-state index in [1.807, 2.05) is 0 Å². The van der Waals surface area contributed by atoms with Gasteiger partial charge in [0.25, 0.3) is 0 Å². The zero-order chi connectivity index (χ0) is 45.4. The first-order valence-corrected chi connectivity index (χ1v) is 26.0. The molecule has 0 aliphatic carbocycles. The van der Waals surface area contributed by atoms with Gasteiger partial charge in [0.15, 0.2) is 0 Å². The standard InChI is InChI=1S/3C18H30N.Ga/c3*1-16(2,3)12-10-13(17(4,5)6)15(19)14(11-12)18(7,8)9;/h3*10-11,19H,1-9H3;/q3*-1;+3. The van der Waals surface area contributed by atoms with E-state index in [1.54, 1.807) is 0 Å². The van der Waals surface area contributed by atoms with Gasteiger partial charge in [-0.3, -0.25) is 0 Å². The first kappa shape index (κ1) is 50.1. The molecule has 0 radical (unpaired) electrons. The minimum absolute atomic E-state index is 0.0197. The summed E-state index contributed by atoms with van der Waals surface area (Å²) < 4.78 is 13.4. The maximum absolute atomic E-state index is 4.47. The summed E-state index contributed by atoms with van der Waals surface area (Å²) in [6, 6.07) is 15.1. The van der Waals surface area contributed by atoms with Gasteiger partial charge in [-0.15, -0.1) is 0 Å². The number of hydrogen-bond acceptors (Lipinski definition) is 3. The van der Waals surface area contributed by atoms with Crippen LogP contribution in [0.15, 0.2) is 36.4 Å². The van der Waals surface area contributed by atoms with Crippen LogP contribution in [0.25, 0.3) is 0 Å². The van der Waals surface area contributed by atoms with Gasteiger partial charge in [0, 0.05) is 0 Å². The monoisotopic (exact) mass is 850 g/mol. The number of benzene rings is 3. The average molecular weight is 851 g/mol. The van der Waals surface area contributed by atoms with E-state index in [4.69, 9.17) is 0 Å². The molecule has 3 nitrogen and oxygen atoms in total. The van der Waals surface area contributed by atoms with Crippen LogP contribution in [0.3, 0.4) is 0 Å². The van der Waals surface area contributed by atoms with E-state index in [2.05, 4.69) is 235 Å². The zero-order valence-corrected chi connectivity index (χ0v) is 45.5. The molecule has 0 aromatic heterocycles. The third-order valence-electron chi connectivity index (χ3n) is 11.7. The van der Waals surface area contributed by atoms with Crippen molar-refractivity contribution in [3.63, 3.8) is 0 Å². The van der Waals surface area contributed by atoms with E-state index in [1.165, 1.54) is 67.1 Å². The average Bonchev–Trinajstić information content (AvgIpc) is 2.96. The Morgan fingerprint density at radius 2 is 0.379 bits per heavy atom. The quantitative estimate of drug-likeness (QED) is 0.216. The molecule has 0 unspecified atom stereocenters. The number of hydrogen-bond donors (Lipinski definition) is 3. The number of rotatable bonds is 6. The summed E-state index contributed by atoms with van der Waals surface area (Å²) in [6.07, 6.45) is 0. The fraction of sp³-hybridized carbons (Fsp3) is 0.667. The Balaban J connectivity index is 2.66. The normalized spacial score (nSPS) is 14.1. The van der Waals surface area contributed by atoms with Gasteiger partial charge >= 0.3 is 368 Å². The molecular weight excluding hydrogens is 760 g/mol. The van der Waals surface area contributed by atoms with Gasteiger partial charge in [-0.1, -0.05) is 0 Å². The van der Waals surface area contributed by atoms with Gasteiger partial charge in [0.1, 0.15) is 0 Å². The Kier molecular flexibility index (Phi) is 13.7. The van der Waals surface area contributed by atoms with Crippen LogP contribution in [0.2, 0.25) is 0 Å². The van der Waals surface area contributed by atoms with Crippen LogP contribution < -0.4 is 12.1 Å². The van der Waals surface area contributed by atoms with Crippen molar-refractivity contribution in [2.45, 2.75) is 236 Å². The molecule has 3 aromatic carbocycles. The molecule has 0 aliphatic heterocycles. The van der Waals surface area contributed by atoms with Crippen LogP contribution >= 0.6 is 0 Å². The third-order valence-corrected chi connectivity index (χ3v) is 15.4. The topological polar surface area (TPSA) is 36.1 Å². The summed E-state index contributed by atoms with van der Waals surface area (Å²) in [4.78, 5) is 0. The fourth-order valence-electron chi connectivity index (χ4n) is 7.78. The van der Waals surface area contributed by atoms with Gasteiger partial charge in [0.2, 0.25) is 0 Å². The molecule has 3 rings (SSSR count). The van der Waals surface area contributed by atoms with Crippen molar-refractivity contribution in [2.24, 2.45) is 0 Å². The van der Waals surface area contributed by atoms with Crippen molar-refractivity contribution in [2.75, 3.05) is 12.1 Å². The first-order chi connectivity index (χ1) is 25.4. The molecule has 4 heteroatoms. The number of anilines is 3. The van der Waals surface area contributed by atoms with E-state index in [0.717, 1.165) is 0 Å². The van der Waals surface area contributed by atoms with Crippen LogP contribution in [0, 0.1) is 0 Å². The van der Waals surface area contributed by atoms with Crippen LogP contribution in [0.5, 0.6) is 0 Å². The van der Waals surface area contributed by atoms with E-state index >= 15 is 0 Å². The van der Waals surface area contributed by atoms with E-state index in [-0.39, 0.29) is 48.7 Å². The Labute approximate surface area is 366 Å². The molecule has 0 fully saturated rings. The molecule has 0 atom stereocenters. The van der Waals surface area contributed by atoms with Gasteiger partial charge < -0.3 is 0 Å². The predicted octanol–water partition coefficient (Wildman–Crippen LogP) is 16.0. The molecule has 58 heavy (non-hydrogen) atoms. The maximum atomic E-state index is 4.47. The van der Waals surface area contributed by atoms with Crippen molar-refractivity contribution in [3.05, 3.63) is 86.5 Å². The van der Waals surface area contributed by atoms with Crippen LogP contribution in [-0.2, 0) is 48.7 Å². The van der Waals surface area contributed by atoms with Crippen molar-refractivity contribution >= 4 is 34.0 Å². The Bertz CT molecular complexity index is 1600. The fourth-order valence-corrected chi connectivity index (χ4v) is 12.0. The molecule has 0 saturated carbocycles. The van der Waals surface area contributed by atoms with Crippen LogP contribution in [-0.4, -0.2) is 16.9 Å². The molecule has 0 bridgehead atoms. The zero-order valence-electron chi connectivity index (χ0n) is 43.0. The van der Waals surface area contributed by atoms with E-state index < -0.39 is 16.9 Å². The Hall–Kier alpha value is -2.30. The molecular formula is C54H90GaN3. The van der Waals surface area contributed by atoms with Gasteiger partial charge in [-0.25, -0.2) is 0 Å². The molecule has 0 heterocycles. The summed E-state index contributed by atoms with van der Waals surface area (Å²) in [5, 5.41) is 0. The van der Waals surface area contributed by atoms with Crippen molar-refractivity contribution < 1.29 is 0 Å². The summed E-state index contributed by atoms with van der Waals surface area (Å²) in [5.74, 6) is 0. The molecule has 0 spiro atoms. The van der Waals surface area contributed by atoms with Crippen molar-refractivity contribution in [1.29, 1.82) is 0 Å². The van der Waals surface area contributed by atoms with Gasteiger partial charge in [-0.2, -0.15) is 0 Å². The summed E-state index contributed by atoms with van der Waals surface area (Å²) in [7, 11) is 0. The van der Waals surface area contributed by atoms with Gasteiger partial charge in [0.05, 0.1) is 0 Å². The molecule has 0 saturated heterocycles. The number of nitrogens with one attached hydrogen (secondary N) is 3. The minimum atomic E-state index is -3.16. The molecule has 3 aromatic rings.